The van der Waals surface area contributed by atoms with Crippen LogP contribution in [0.1, 0.15) is 26.3 Å². The van der Waals surface area contributed by atoms with E-state index < -0.39 is 16.8 Å². The minimum atomic E-state index is -0.597. The second-order valence-corrected chi connectivity index (χ2v) is 6.17. The molecule has 0 unspecified atom stereocenters. The van der Waals surface area contributed by atoms with E-state index in [9.17, 15) is 19.7 Å². The lowest BCUT2D eigenvalue weighted by atomic mass is 10.2. The Bertz CT molecular complexity index is 1140. The van der Waals surface area contributed by atoms with Gasteiger partial charge in [-0.05, 0) is 42.0 Å². The van der Waals surface area contributed by atoms with E-state index in [0.29, 0.717) is 16.9 Å². The molecule has 0 aliphatic rings. The minimum Gasteiger partial charge on any atom is -0.493 e. The molecular weight excluding hydrogens is 402 g/mol. The van der Waals surface area contributed by atoms with E-state index >= 15 is 0 Å². The van der Waals surface area contributed by atoms with Crippen molar-refractivity contribution in [1.82, 2.24) is 5.43 Å². The number of hydrazone groups is 1. The van der Waals surface area contributed by atoms with Crippen molar-refractivity contribution in [3.05, 3.63) is 99.6 Å². The number of benzene rings is 3. The summed E-state index contributed by atoms with van der Waals surface area (Å²) in [4.78, 5) is 34.6. The Labute approximate surface area is 177 Å². The number of carbonyl (C=O) groups is 2. The second kappa shape index (κ2) is 9.79. The van der Waals surface area contributed by atoms with Crippen LogP contribution in [0, 0.1) is 10.1 Å². The summed E-state index contributed by atoms with van der Waals surface area (Å²) in [6.45, 7) is 0. The summed E-state index contributed by atoms with van der Waals surface area (Å²) in [5.41, 5.74) is 3.18. The molecule has 0 spiro atoms. The molecule has 0 saturated carbocycles. The van der Waals surface area contributed by atoms with E-state index in [1.54, 1.807) is 48.5 Å². The highest BCUT2D eigenvalue weighted by Crippen LogP contribution is 2.28. The number of methoxy groups -OCH3 is 1. The van der Waals surface area contributed by atoms with Crippen molar-refractivity contribution >= 4 is 23.8 Å². The van der Waals surface area contributed by atoms with Crippen molar-refractivity contribution in [3.63, 3.8) is 0 Å². The topological polar surface area (TPSA) is 120 Å². The molecular formula is C22H17N3O6. The largest absolute Gasteiger partial charge is 0.493 e. The summed E-state index contributed by atoms with van der Waals surface area (Å²) < 4.78 is 10.6. The monoisotopic (exact) mass is 419 g/mol. The first-order valence-electron chi connectivity index (χ1n) is 9.01. The Hall–Kier alpha value is -4.53. The van der Waals surface area contributed by atoms with Crippen LogP contribution < -0.4 is 14.9 Å². The van der Waals surface area contributed by atoms with Crippen LogP contribution in [-0.4, -0.2) is 30.1 Å². The maximum atomic E-state index is 12.2. The molecule has 3 aromatic carbocycles. The van der Waals surface area contributed by atoms with Crippen molar-refractivity contribution in [2.45, 2.75) is 0 Å². The predicted molar refractivity (Wildman–Crippen MR) is 113 cm³/mol. The molecule has 1 N–H and O–H groups in total. The number of nitro groups is 1. The van der Waals surface area contributed by atoms with Gasteiger partial charge in [0, 0.05) is 17.7 Å². The molecule has 0 saturated heterocycles. The zero-order valence-corrected chi connectivity index (χ0v) is 16.3. The fourth-order valence-corrected chi connectivity index (χ4v) is 2.57. The van der Waals surface area contributed by atoms with Crippen LogP contribution in [0.15, 0.2) is 77.9 Å². The van der Waals surface area contributed by atoms with Crippen LogP contribution in [0.3, 0.4) is 0 Å². The van der Waals surface area contributed by atoms with Gasteiger partial charge in [-0.2, -0.15) is 5.10 Å². The van der Waals surface area contributed by atoms with Crippen molar-refractivity contribution in [3.8, 4) is 11.5 Å². The molecule has 31 heavy (non-hydrogen) atoms. The zero-order chi connectivity index (χ0) is 22.2. The average molecular weight is 419 g/mol. The number of non-ortho nitro benzene ring substituents is 1. The van der Waals surface area contributed by atoms with Gasteiger partial charge in [0.25, 0.3) is 11.6 Å². The fourth-order valence-electron chi connectivity index (χ4n) is 2.57. The van der Waals surface area contributed by atoms with E-state index in [1.165, 1.54) is 31.5 Å². The number of nitrogens with one attached hydrogen (secondary N) is 1. The molecule has 0 aromatic heterocycles. The minimum absolute atomic E-state index is 0.104. The lowest BCUT2D eigenvalue weighted by Gasteiger charge is -2.10. The standard InChI is InChI=1S/C22H17N3O6/c1-30-20-12-15(10-11-19(20)31-22(27)16-6-3-2-4-7-16)14-23-24-21(26)17-8-5-9-18(13-17)25(28)29/h2-14H,1H3,(H,24,26)/b23-14-. The number of hydrogen-bond donors (Lipinski definition) is 1. The van der Waals surface area contributed by atoms with Crippen molar-refractivity contribution < 1.29 is 24.0 Å². The summed E-state index contributed by atoms with van der Waals surface area (Å²) in [6.07, 6.45) is 1.36. The highest BCUT2D eigenvalue weighted by atomic mass is 16.6. The smallest absolute Gasteiger partial charge is 0.343 e. The Morgan fingerprint density at radius 3 is 2.42 bits per heavy atom. The highest BCUT2D eigenvalue weighted by molar-refractivity contribution is 5.95. The number of carbonyl (C=O) groups excluding carboxylic acids is 2. The summed E-state index contributed by atoms with van der Waals surface area (Å²) in [6, 6.07) is 18.6. The van der Waals surface area contributed by atoms with E-state index in [0.717, 1.165) is 6.07 Å². The van der Waals surface area contributed by atoms with Gasteiger partial charge in [0.05, 0.1) is 23.8 Å². The lowest BCUT2D eigenvalue weighted by Crippen LogP contribution is -2.17. The van der Waals surface area contributed by atoms with Gasteiger partial charge in [-0.1, -0.05) is 24.3 Å². The second-order valence-electron chi connectivity index (χ2n) is 6.17. The predicted octanol–water partition coefficient (Wildman–Crippen LogP) is 3.59. The molecule has 9 heteroatoms. The molecule has 3 aromatic rings. The van der Waals surface area contributed by atoms with Gasteiger partial charge in [-0.25, -0.2) is 10.2 Å². The van der Waals surface area contributed by atoms with Gasteiger partial charge >= 0.3 is 5.97 Å². The normalized spacial score (nSPS) is 10.5. The fraction of sp³-hybridized carbons (Fsp3) is 0.0455. The first kappa shape index (κ1) is 21.2. The average Bonchev–Trinajstić information content (AvgIpc) is 2.80. The van der Waals surface area contributed by atoms with Crippen molar-refractivity contribution in [2.24, 2.45) is 5.10 Å². The third-order valence-electron chi connectivity index (χ3n) is 4.10. The molecule has 0 atom stereocenters. The van der Waals surface area contributed by atoms with Gasteiger partial charge in [0.2, 0.25) is 0 Å². The maximum Gasteiger partial charge on any atom is 0.343 e. The van der Waals surface area contributed by atoms with Crippen LogP contribution in [-0.2, 0) is 0 Å². The molecule has 0 fully saturated rings. The lowest BCUT2D eigenvalue weighted by molar-refractivity contribution is -0.384. The van der Waals surface area contributed by atoms with Crippen LogP contribution in [0.25, 0.3) is 0 Å². The summed E-state index contributed by atoms with van der Waals surface area (Å²) in [5.74, 6) is -0.586. The van der Waals surface area contributed by atoms with Gasteiger partial charge in [0.1, 0.15) is 0 Å². The number of nitrogens with zero attached hydrogens (tertiary/aromatic N) is 2. The van der Waals surface area contributed by atoms with Gasteiger partial charge in [-0.15, -0.1) is 0 Å². The highest BCUT2D eigenvalue weighted by Gasteiger charge is 2.13. The van der Waals surface area contributed by atoms with Gasteiger partial charge in [-0.3, -0.25) is 14.9 Å². The number of ether oxygens (including phenoxy) is 2. The maximum absolute atomic E-state index is 12.2. The third-order valence-corrected chi connectivity index (χ3v) is 4.10. The zero-order valence-electron chi connectivity index (χ0n) is 16.3. The Balaban J connectivity index is 1.67. The summed E-state index contributed by atoms with van der Waals surface area (Å²) in [5, 5.41) is 14.7. The number of hydrogen-bond acceptors (Lipinski definition) is 7. The van der Waals surface area contributed by atoms with Gasteiger partial charge in [0.15, 0.2) is 11.5 Å². The third kappa shape index (κ3) is 5.51. The van der Waals surface area contributed by atoms with Crippen molar-refractivity contribution in [1.29, 1.82) is 0 Å². The van der Waals surface area contributed by atoms with Gasteiger partial charge < -0.3 is 9.47 Å². The Morgan fingerprint density at radius 1 is 0.968 bits per heavy atom. The SMILES string of the molecule is COc1cc(/C=N\NC(=O)c2cccc([N+](=O)[O-])c2)ccc1OC(=O)c1ccccc1. The van der Waals surface area contributed by atoms with Crippen LogP contribution in [0.2, 0.25) is 0 Å². The first-order chi connectivity index (χ1) is 15.0. The molecule has 0 aliphatic carbocycles. The van der Waals surface area contributed by atoms with Crippen molar-refractivity contribution in [2.75, 3.05) is 7.11 Å². The van der Waals surface area contributed by atoms with Crippen LogP contribution >= 0.6 is 0 Å². The molecule has 0 aliphatic heterocycles. The molecule has 9 nitrogen and oxygen atoms in total. The molecule has 0 radical (unpaired) electrons. The first-order valence-corrected chi connectivity index (χ1v) is 9.01. The summed E-state index contributed by atoms with van der Waals surface area (Å²) in [7, 11) is 1.43. The number of esters is 1. The Kier molecular flexibility index (Phi) is 6.69. The number of rotatable bonds is 7. The molecule has 156 valence electrons. The Morgan fingerprint density at radius 2 is 1.71 bits per heavy atom. The van der Waals surface area contributed by atoms with E-state index in [4.69, 9.17) is 9.47 Å². The number of amides is 1. The molecule has 0 heterocycles. The quantitative estimate of drug-likeness (QED) is 0.205. The molecule has 0 bridgehead atoms. The van der Waals surface area contributed by atoms with E-state index in [1.807, 2.05) is 0 Å². The molecule has 1 amide bonds. The molecule has 3 rings (SSSR count). The van der Waals surface area contributed by atoms with E-state index in [2.05, 4.69) is 10.5 Å². The summed E-state index contributed by atoms with van der Waals surface area (Å²) >= 11 is 0. The van der Waals surface area contributed by atoms with E-state index in [-0.39, 0.29) is 17.0 Å². The van der Waals surface area contributed by atoms with Crippen LogP contribution in [0.4, 0.5) is 5.69 Å². The number of nitro benzene ring substituents is 1. The van der Waals surface area contributed by atoms with Crippen LogP contribution in [0.5, 0.6) is 11.5 Å².